The summed E-state index contributed by atoms with van der Waals surface area (Å²) in [7, 11) is 3.81. The van der Waals surface area contributed by atoms with Gasteiger partial charge in [0.05, 0.1) is 7.11 Å². The molecule has 0 heterocycles. The summed E-state index contributed by atoms with van der Waals surface area (Å²) >= 11 is 5.80. The van der Waals surface area contributed by atoms with Crippen LogP contribution in [0, 0.1) is 5.92 Å². The first-order valence-electron chi connectivity index (χ1n) is 5.53. The molecule has 0 saturated carbocycles. The number of rotatable bonds is 6. The Bertz CT molecular complexity index is 317. The molecule has 0 aliphatic carbocycles. The molecule has 3 heteroatoms. The van der Waals surface area contributed by atoms with Crippen molar-refractivity contribution in [2.24, 2.45) is 5.92 Å². The summed E-state index contributed by atoms with van der Waals surface area (Å²) < 4.78 is 5.20. The number of alkyl halides is 1. The lowest BCUT2D eigenvalue weighted by atomic mass is 10.1. The Hall–Kier alpha value is -0.730. The highest BCUT2D eigenvalue weighted by atomic mass is 35.5. The molecule has 1 atom stereocenters. The van der Waals surface area contributed by atoms with Crippen LogP contribution in [0.25, 0.3) is 0 Å². The Morgan fingerprint density at radius 1 is 1.44 bits per heavy atom. The van der Waals surface area contributed by atoms with Gasteiger partial charge < -0.3 is 9.64 Å². The van der Waals surface area contributed by atoms with Crippen LogP contribution >= 0.6 is 11.6 Å². The molecule has 2 nitrogen and oxygen atoms in total. The highest BCUT2D eigenvalue weighted by Gasteiger charge is 2.06. The van der Waals surface area contributed by atoms with E-state index < -0.39 is 0 Å². The van der Waals surface area contributed by atoms with E-state index >= 15 is 0 Å². The molecule has 1 rings (SSSR count). The Morgan fingerprint density at radius 3 is 2.81 bits per heavy atom. The van der Waals surface area contributed by atoms with E-state index in [0.717, 1.165) is 18.8 Å². The Labute approximate surface area is 103 Å². The van der Waals surface area contributed by atoms with Gasteiger partial charge in [-0.15, -0.1) is 11.6 Å². The number of hydrogen-bond donors (Lipinski definition) is 0. The van der Waals surface area contributed by atoms with Crippen LogP contribution in [-0.4, -0.2) is 31.5 Å². The van der Waals surface area contributed by atoms with Crippen molar-refractivity contribution in [3.8, 4) is 5.75 Å². The molecule has 0 saturated heterocycles. The molecule has 0 spiro atoms. The first-order chi connectivity index (χ1) is 7.65. The second-order valence-corrected chi connectivity index (χ2v) is 4.62. The monoisotopic (exact) mass is 241 g/mol. The zero-order valence-electron chi connectivity index (χ0n) is 10.2. The van der Waals surface area contributed by atoms with Crippen LogP contribution < -0.4 is 4.74 Å². The van der Waals surface area contributed by atoms with Gasteiger partial charge in [-0.1, -0.05) is 19.1 Å². The van der Waals surface area contributed by atoms with Crippen molar-refractivity contribution in [2.75, 3.05) is 26.6 Å². The van der Waals surface area contributed by atoms with Gasteiger partial charge in [0.2, 0.25) is 0 Å². The van der Waals surface area contributed by atoms with Gasteiger partial charge >= 0.3 is 0 Å². The van der Waals surface area contributed by atoms with Crippen LogP contribution in [0.3, 0.4) is 0 Å². The zero-order valence-corrected chi connectivity index (χ0v) is 11.0. The third-order valence-electron chi connectivity index (χ3n) is 2.47. The molecule has 0 fully saturated rings. The van der Waals surface area contributed by atoms with Crippen LogP contribution in [0.4, 0.5) is 0 Å². The largest absolute Gasteiger partial charge is 0.497 e. The molecule has 0 bridgehead atoms. The molecule has 0 aromatic heterocycles. The van der Waals surface area contributed by atoms with Crippen LogP contribution in [-0.2, 0) is 6.54 Å². The molecule has 1 aromatic rings. The second kappa shape index (κ2) is 6.77. The minimum Gasteiger partial charge on any atom is -0.497 e. The first-order valence-corrected chi connectivity index (χ1v) is 6.06. The summed E-state index contributed by atoms with van der Waals surface area (Å²) in [6, 6.07) is 8.17. The van der Waals surface area contributed by atoms with Crippen molar-refractivity contribution in [2.45, 2.75) is 13.5 Å². The van der Waals surface area contributed by atoms with Crippen LogP contribution in [0.2, 0.25) is 0 Å². The van der Waals surface area contributed by atoms with Crippen molar-refractivity contribution in [3.05, 3.63) is 29.8 Å². The molecule has 0 radical (unpaired) electrons. The fraction of sp³-hybridized carbons (Fsp3) is 0.538. The fourth-order valence-electron chi connectivity index (χ4n) is 1.73. The first kappa shape index (κ1) is 13.3. The van der Waals surface area contributed by atoms with Gasteiger partial charge in [0.15, 0.2) is 0 Å². The number of halogens is 1. The minimum absolute atomic E-state index is 0.525. The van der Waals surface area contributed by atoms with E-state index in [0.29, 0.717) is 11.8 Å². The molecule has 1 aromatic carbocycles. The normalized spacial score (nSPS) is 12.8. The van der Waals surface area contributed by atoms with E-state index in [9.17, 15) is 0 Å². The Kier molecular flexibility index (Phi) is 5.64. The van der Waals surface area contributed by atoms with E-state index in [-0.39, 0.29) is 0 Å². The topological polar surface area (TPSA) is 12.5 Å². The third kappa shape index (κ3) is 4.42. The number of benzene rings is 1. The van der Waals surface area contributed by atoms with Crippen LogP contribution in [0.1, 0.15) is 12.5 Å². The summed E-state index contributed by atoms with van der Waals surface area (Å²) in [6.07, 6.45) is 0. The molecule has 0 aliphatic rings. The van der Waals surface area contributed by atoms with E-state index in [2.05, 4.69) is 31.0 Å². The number of hydrogen-bond acceptors (Lipinski definition) is 2. The molecule has 1 unspecified atom stereocenters. The van der Waals surface area contributed by atoms with Crippen molar-refractivity contribution in [3.63, 3.8) is 0 Å². The van der Waals surface area contributed by atoms with Crippen molar-refractivity contribution in [1.29, 1.82) is 0 Å². The summed E-state index contributed by atoms with van der Waals surface area (Å²) in [5, 5.41) is 0. The predicted octanol–water partition coefficient (Wildman–Crippen LogP) is 3.00. The van der Waals surface area contributed by atoms with E-state index in [1.165, 1.54) is 5.56 Å². The average molecular weight is 242 g/mol. The maximum absolute atomic E-state index is 5.80. The second-order valence-electron chi connectivity index (χ2n) is 4.31. The van der Waals surface area contributed by atoms with E-state index in [1.807, 2.05) is 12.1 Å². The molecule has 16 heavy (non-hydrogen) atoms. The quantitative estimate of drug-likeness (QED) is 0.710. The van der Waals surface area contributed by atoms with Gasteiger partial charge in [0, 0.05) is 19.0 Å². The Morgan fingerprint density at radius 2 is 2.19 bits per heavy atom. The minimum atomic E-state index is 0.525. The third-order valence-corrected chi connectivity index (χ3v) is 3.00. The SMILES string of the molecule is COc1cccc(CN(C)CC(C)CCl)c1. The summed E-state index contributed by atoms with van der Waals surface area (Å²) in [4.78, 5) is 2.28. The predicted molar refractivity (Wildman–Crippen MR) is 69.2 cm³/mol. The lowest BCUT2D eigenvalue weighted by molar-refractivity contribution is 0.289. The molecule has 0 N–H and O–H groups in total. The number of ether oxygens (including phenoxy) is 1. The van der Waals surface area contributed by atoms with Crippen molar-refractivity contribution in [1.82, 2.24) is 4.90 Å². The molecular weight excluding hydrogens is 222 g/mol. The summed E-state index contributed by atoms with van der Waals surface area (Å²) in [6.45, 7) is 4.11. The van der Waals surface area contributed by atoms with Crippen LogP contribution in [0.5, 0.6) is 5.75 Å². The fourth-order valence-corrected chi connectivity index (χ4v) is 1.83. The summed E-state index contributed by atoms with van der Waals surface area (Å²) in [5.74, 6) is 2.15. The molecule has 90 valence electrons. The maximum Gasteiger partial charge on any atom is 0.119 e. The Balaban J connectivity index is 2.51. The van der Waals surface area contributed by atoms with E-state index in [1.54, 1.807) is 7.11 Å². The zero-order chi connectivity index (χ0) is 12.0. The van der Waals surface area contributed by atoms with Crippen LogP contribution in [0.15, 0.2) is 24.3 Å². The number of methoxy groups -OCH3 is 1. The van der Waals surface area contributed by atoms with E-state index in [4.69, 9.17) is 16.3 Å². The van der Waals surface area contributed by atoms with Gasteiger partial charge in [-0.25, -0.2) is 0 Å². The van der Waals surface area contributed by atoms with Gasteiger partial charge in [-0.3, -0.25) is 0 Å². The smallest absolute Gasteiger partial charge is 0.119 e. The van der Waals surface area contributed by atoms with Gasteiger partial charge in [0.25, 0.3) is 0 Å². The number of nitrogens with zero attached hydrogens (tertiary/aromatic N) is 1. The highest BCUT2D eigenvalue weighted by molar-refractivity contribution is 6.18. The lowest BCUT2D eigenvalue weighted by Gasteiger charge is -2.20. The average Bonchev–Trinajstić information content (AvgIpc) is 2.28. The van der Waals surface area contributed by atoms with Gasteiger partial charge in [0.1, 0.15) is 5.75 Å². The summed E-state index contributed by atoms with van der Waals surface area (Å²) in [5.41, 5.74) is 1.27. The van der Waals surface area contributed by atoms with Crippen molar-refractivity contribution >= 4 is 11.6 Å². The van der Waals surface area contributed by atoms with Crippen molar-refractivity contribution < 1.29 is 4.74 Å². The standard InChI is InChI=1S/C13H20ClNO/c1-11(8-14)9-15(2)10-12-5-4-6-13(7-12)16-3/h4-7,11H,8-10H2,1-3H3. The lowest BCUT2D eigenvalue weighted by Crippen LogP contribution is -2.24. The molecular formula is C13H20ClNO. The molecule has 0 amide bonds. The molecule has 0 aliphatic heterocycles. The van der Waals surface area contributed by atoms with Gasteiger partial charge in [-0.2, -0.15) is 0 Å². The van der Waals surface area contributed by atoms with Gasteiger partial charge in [-0.05, 0) is 30.7 Å². The highest BCUT2D eigenvalue weighted by Crippen LogP contribution is 2.14. The maximum atomic E-state index is 5.80.